The molecule has 6 nitrogen and oxygen atoms in total. The van der Waals surface area contributed by atoms with E-state index in [1.807, 2.05) is 6.08 Å². The molecule has 0 aliphatic heterocycles. The molecule has 0 aromatic rings. The lowest BCUT2D eigenvalue weighted by Crippen LogP contribution is -2.46. The van der Waals surface area contributed by atoms with Crippen LogP contribution in [0, 0.1) is 0 Å². The summed E-state index contributed by atoms with van der Waals surface area (Å²) in [6, 6.07) is -0.736. The summed E-state index contributed by atoms with van der Waals surface area (Å²) in [7, 11) is 0. The molecule has 6 heteroatoms. The zero-order valence-electron chi connectivity index (χ0n) is 42.3. The molecule has 0 saturated carbocycles. The first kappa shape index (κ1) is 61.8. The molecule has 3 atom stereocenters. The van der Waals surface area contributed by atoms with E-state index in [4.69, 9.17) is 4.74 Å². The summed E-state index contributed by atoms with van der Waals surface area (Å²) >= 11 is 0. The van der Waals surface area contributed by atoms with Crippen molar-refractivity contribution in [1.82, 2.24) is 5.32 Å². The van der Waals surface area contributed by atoms with Gasteiger partial charge in [0.05, 0.1) is 25.2 Å². The van der Waals surface area contributed by atoms with Crippen molar-refractivity contribution in [1.29, 1.82) is 0 Å². The van der Waals surface area contributed by atoms with Crippen molar-refractivity contribution in [3.63, 3.8) is 0 Å². The van der Waals surface area contributed by atoms with Gasteiger partial charge >= 0.3 is 5.97 Å². The maximum Gasteiger partial charge on any atom is 0.306 e. The zero-order chi connectivity index (χ0) is 47.4. The van der Waals surface area contributed by atoms with Gasteiger partial charge in [0.15, 0.2) is 0 Å². The van der Waals surface area contributed by atoms with Crippen molar-refractivity contribution in [2.75, 3.05) is 6.61 Å². The highest BCUT2D eigenvalue weighted by Gasteiger charge is 2.23. The summed E-state index contributed by atoms with van der Waals surface area (Å²) in [5.74, 6) is -0.626. The van der Waals surface area contributed by atoms with Crippen LogP contribution in [0.2, 0.25) is 0 Å². The molecule has 0 aromatic carbocycles. The Balaban J connectivity index is 4.76. The molecule has 0 bridgehead atoms. The van der Waals surface area contributed by atoms with E-state index in [9.17, 15) is 19.8 Å². The van der Waals surface area contributed by atoms with E-state index in [0.717, 1.165) is 77.0 Å². The number of rotatable bonds is 47. The normalized spacial score (nSPS) is 14.0. The van der Waals surface area contributed by atoms with Crippen LogP contribution < -0.4 is 5.32 Å². The maximum atomic E-state index is 13.2. The van der Waals surface area contributed by atoms with Crippen molar-refractivity contribution < 1.29 is 24.5 Å². The van der Waals surface area contributed by atoms with Crippen LogP contribution in [0.15, 0.2) is 97.2 Å². The third kappa shape index (κ3) is 47.1. The van der Waals surface area contributed by atoms with Gasteiger partial charge in [0.2, 0.25) is 5.91 Å². The average molecular weight is 904 g/mol. The van der Waals surface area contributed by atoms with Crippen molar-refractivity contribution in [3.8, 4) is 0 Å². The Morgan fingerprint density at radius 3 is 1.35 bits per heavy atom. The minimum atomic E-state index is -0.817. The number of esters is 1. The Labute approximate surface area is 401 Å². The van der Waals surface area contributed by atoms with Crippen LogP contribution >= 0.6 is 0 Å². The summed E-state index contributed by atoms with van der Waals surface area (Å²) in [6.07, 6.45) is 69.1. The summed E-state index contributed by atoms with van der Waals surface area (Å²) in [6.45, 7) is 6.33. The second-order valence-corrected chi connectivity index (χ2v) is 17.9. The third-order valence-corrected chi connectivity index (χ3v) is 11.7. The molecular formula is C59H101NO5. The maximum absolute atomic E-state index is 13.2. The number of carbonyl (C=O) groups excluding carboxylic acids is 2. The summed E-state index contributed by atoms with van der Waals surface area (Å²) in [5.41, 5.74) is 0. The number of carbonyl (C=O) groups is 2. The Bertz CT molecular complexity index is 1290. The minimum Gasteiger partial charge on any atom is -0.462 e. The van der Waals surface area contributed by atoms with E-state index in [1.54, 1.807) is 0 Å². The standard InChI is InChI=1S/C59H101NO5/c1-4-7-10-13-16-19-22-25-27-28-29-30-31-34-37-40-43-46-49-52-59(64)65-55(50-47-44-41-38-35-33-26-23-20-17-14-11-8-5-2)53-58(63)60-56(54-61)57(62)51-48-45-42-39-36-32-24-21-18-15-12-9-6-3/h7,10,16,19,25,27,29-30,33-35,37-38,41,43,46,55-57,61-62H,4-6,8-9,11-15,17-18,20-24,26,28,31-32,36,39-40,42,44-45,47-54H2,1-3H3,(H,60,63)/b10-7-,19-16-,27-25-,30-29-,35-33+,37-34-,41-38+,46-43-. The number of amides is 1. The van der Waals surface area contributed by atoms with Gasteiger partial charge in [-0.3, -0.25) is 9.59 Å². The summed E-state index contributed by atoms with van der Waals surface area (Å²) in [4.78, 5) is 26.1. The number of allylic oxidation sites excluding steroid dienone is 16. The minimum absolute atomic E-state index is 0.00960. The lowest BCUT2D eigenvalue weighted by molar-refractivity contribution is -0.150. The molecule has 3 unspecified atom stereocenters. The van der Waals surface area contributed by atoms with Crippen molar-refractivity contribution in [2.24, 2.45) is 0 Å². The predicted octanol–water partition coefficient (Wildman–Crippen LogP) is 16.5. The fourth-order valence-electron chi connectivity index (χ4n) is 7.63. The predicted molar refractivity (Wildman–Crippen MR) is 282 cm³/mol. The van der Waals surface area contributed by atoms with Crippen LogP contribution in [-0.2, 0) is 14.3 Å². The molecule has 0 aromatic heterocycles. The first-order valence-corrected chi connectivity index (χ1v) is 27.0. The van der Waals surface area contributed by atoms with Crippen molar-refractivity contribution in [3.05, 3.63) is 97.2 Å². The van der Waals surface area contributed by atoms with E-state index in [-0.39, 0.29) is 31.3 Å². The molecule has 372 valence electrons. The van der Waals surface area contributed by atoms with Gasteiger partial charge in [0, 0.05) is 6.42 Å². The molecule has 0 aliphatic carbocycles. The van der Waals surface area contributed by atoms with E-state index < -0.39 is 18.2 Å². The SMILES string of the molecule is CC/C=C\C/C=C\C/C=C\C/C=C\C/C=C\C/C=C\CCC(=O)OC(CCC/C=C/C=C/CCCCCCCCC)CC(=O)NC(CO)C(O)CCCCCCCCCCCCCCC. The summed E-state index contributed by atoms with van der Waals surface area (Å²) in [5, 5.41) is 23.8. The Kier molecular flexibility index (Phi) is 49.2. The van der Waals surface area contributed by atoms with Crippen LogP contribution in [0.5, 0.6) is 0 Å². The van der Waals surface area contributed by atoms with Gasteiger partial charge in [-0.2, -0.15) is 0 Å². The molecule has 1 amide bonds. The van der Waals surface area contributed by atoms with Crippen molar-refractivity contribution in [2.45, 2.75) is 257 Å². The zero-order valence-corrected chi connectivity index (χ0v) is 42.3. The molecule has 0 aliphatic rings. The van der Waals surface area contributed by atoms with Crippen LogP contribution in [0.25, 0.3) is 0 Å². The molecule has 0 fully saturated rings. The molecule has 3 N–H and O–H groups in total. The van der Waals surface area contributed by atoms with Crippen LogP contribution in [0.3, 0.4) is 0 Å². The average Bonchev–Trinajstić information content (AvgIpc) is 3.30. The lowest BCUT2D eigenvalue weighted by atomic mass is 10.0. The first-order valence-electron chi connectivity index (χ1n) is 27.0. The number of aliphatic hydroxyl groups excluding tert-OH is 2. The molecule has 0 rings (SSSR count). The molecular weight excluding hydrogens is 803 g/mol. The topological polar surface area (TPSA) is 95.9 Å². The van der Waals surface area contributed by atoms with Gasteiger partial charge < -0.3 is 20.3 Å². The molecule has 0 spiro atoms. The number of hydrogen-bond donors (Lipinski definition) is 3. The number of aliphatic hydroxyl groups is 2. The van der Waals surface area contributed by atoms with Crippen LogP contribution in [0.4, 0.5) is 0 Å². The molecule has 0 heterocycles. The highest BCUT2D eigenvalue weighted by molar-refractivity contribution is 5.77. The Hall–Kier alpha value is -3.22. The molecule has 0 radical (unpaired) electrons. The Morgan fingerprint density at radius 1 is 0.477 bits per heavy atom. The number of ether oxygens (including phenoxy) is 1. The second kappa shape index (κ2) is 51.8. The highest BCUT2D eigenvalue weighted by Crippen LogP contribution is 2.16. The first-order chi connectivity index (χ1) is 32.0. The fourth-order valence-corrected chi connectivity index (χ4v) is 7.63. The lowest BCUT2D eigenvalue weighted by Gasteiger charge is -2.24. The van der Waals surface area contributed by atoms with Crippen LogP contribution in [-0.4, -0.2) is 46.9 Å². The monoisotopic (exact) mass is 904 g/mol. The van der Waals surface area contributed by atoms with E-state index in [1.165, 1.54) is 109 Å². The number of unbranched alkanes of at least 4 members (excludes halogenated alkanes) is 20. The molecule has 0 saturated heterocycles. The third-order valence-electron chi connectivity index (χ3n) is 11.7. The fraction of sp³-hybridized carbons (Fsp3) is 0.695. The smallest absolute Gasteiger partial charge is 0.306 e. The molecule has 65 heavy (non-hydrogen) atoms. The quantitative estimate of drug-likeness (QED) is 0.0245. The van der Waals surface area contributed by atoms with Gasteiger partial charge in [-0.25, -0.2) is 0 Å². The second-order valence-electron chi connectivity index (χ2n) is 17.9. The van der Waals surface area contributed by atoms with Crippen molar-refractivity contribution >= 4 is 11.9 Å². The van der Waals surface area contributed by atoms with Gasteiger partial charge in [-0.05, 0) is 83.5 Å². The van der Waals surface area contributed by atoms with Crippen LogP contribution in [0.1, 0.15) is 239 Å². The Morgan fingerprint density at radius 2 is 0.892 bits per heavy atom. The summed E-state index contributed by atoms with van der Waals surface area (Å²) < 4.78 is 5.87. The highest BCUT2D eigenvalue weighted by atomic mass is 16.5. The number of nitrogens with one attached hydrogen (secondary N) is 1. The van der Waals surface area contributed by atoms with E-state index in [2.05, 4.69) is 117 Å². The van der Waals surface area contributed by atoms with Gasteiger partial charge in [0.1, 0.15) is 6.10 Å². The van der Waals surface area contributed by atoms with E-state index >= 15 is 0 Å². The van der Waals surface area contributed by atoms with Gasteiger partial charge in [-0.1, -0.05) is 240 Å². The van der Waals surface area contributed by atoms with Gasteiger partial charge in [-0.15, -0.1) is 0 Å². The number of hydrogen-bond acceptors (Lipinski definition) is 5. The van der Waals surface area contributed by atoms with Gasteiger partial charge in [0.25, 0.3) is 0 Å². The largest absolute Gasteiger partial charge is 0.462 e. The van der Waals surface area contributed by atoms with E-state index in [0.29, 0.717) is 19.3 Å².